The first-order chi connectivity index (χ1) is 6.99. The zero-order valence-electron chi connectivity index (χ0n) is 8.67. The molecule has 0 amide bonds. The molecule has 0 atom stereocenters. The lowest BCUT2D eigenvalue weighted by molar-refractivity contribution is 0.0598. The minimum absolute atomic E-state index is 0.0819. The summed E-state index contributed by atoms with van der Waals surface area (Å²) >= 11 is 0. The number of alkyl halides is 2. The monoisotopic (exact) mass is 215 g/mol. The predicted octanol–water partition coefficient (Wildman–Crippen LogP) is 2.42. The number of esters is 1. The zero-order valence-corrected chi connectivity index (χ0v) is 8.67. The molecular formula is C10H11F2NO2. The van der Waals surface area contributed by atoms with E-state index in [-0.39, 0.29) is 22.4 Å². The van der Waals surface area contributed by atoms with Crippen molar-refractivity contribution in [1.29, 1.82) is 0 Å². The summed E-state index contributed by atoms with van der Waals surface area (Å²) in [5, 5.41) is 0. The number of aromatic nitrogens is 1. The molecule has 0 saturated carbocycles. The standard InChI is InChI=1S/C10H11F2NO2/c1-5-7(10(14)15-3)4-13-6(2)8(5)9(11)12/h4,9H,1-3H3. The molecule has 1 aromatic rings. The summed E-state index contributed by atoms with van der Waals surface area (Å²) in [4.78, 5) is 15.0. The van der Waals surface area contributed by atoms with Gasteiger partial charge in [0, 0.05) is 17.5 Å². The molecule has 1 heterocycles. The van der Waals surface area contributed by atoms with Crippen LogP contribution in [0.15, 0.2) is 6.20 Å². The van der Waals surface area contributed by atoms with Gasteiger partial charge in [-0.05, 0) is 19.4 Å². The fraction of sp³-hybridized carbons (Fsp3) is 0.400. The van der Waals surface area contributed by atoms with Gasteiger partial charge in [-0.15, -0.1) is 0 Å². The maximum Gasteiger partial charge on any atom is 0.339 e. The number of carbonyl (C=O) groups is 1. The Morgan fingerprint density at radius 1 is 1.47 bits per heavy atom. The van der Waals surface area contributed by atoms with Gasteiger partial charge < -0.3 is 4.74 Å². The molecule has 0 spiro atoms. The number of carbonyl (C=O) groups excluding carboxylic acids is 1. The molecule has 82 valence electrons. The molecule has 5 heteroatoms. The van der Waals surface area contributed by atoms with Crippen LogP contribution in [-0.2, 0) is 4.74 Å². The number of hydrogen-bond acceptors (Lipinski definition) is 3. The van der Waals surface area contributed by atoms with E-state index in [1.165, 1.54) is 27.2 Å². The van der Waals surface area contributed by atoms with E-state index >= 15 is 0 Å². The molecule has 0 aliphatic rings. The molecule has 15 heavy (non-hydrogen) atoms. The van der Waals surface area contributed by atoms with Crippen molar-refractivity contribution in [2.24, 2.45) is 0 Å². The van der Waals surface area contributed by atoms with Gasteiger partial charge in [0.15, 0.2) is 0 Å². The van der Waals surface area contributed by atoms with Crippen LogP contribution in [0.1, 0.15) is 33.6 Å². The second-order valence-electron chi connectivity index (χ2n) is 3.09. The van der Waals surface area contributed by atoms with Crippen LogP contribution in [0.3, 0.4) is 0 Å². The Hall–Kier alpha value is -1.52. The third-order valence-corrected chi connectivity index (χ3v) is 2.21. The summed E-state index contributed by atoms with van der Waals surface area (Å²) in [5.41, 5.74) is 0.343. The van der Waals surface area contributed by atoms with E-state index in [0.717, 1.165) is 0 Å². The van der Waals surface area contributed by atoms with E-state index in [4.69, 9.17) is 0 Å². The smallest absolute Gasteiger partial charge is 0.339 e. The molecule has 0 unspecified atom stereocenters. The fourth-order valence-corrected chi connectivity index (χ4v) is 1.38. The minimum atomic E-state index is -2.64. The lowest BCUT2D eigenvalue weighted by Gasteiger charge is -2.11. The average Bonchev–Trinajstić information content (AvgIpc) is 2.16. The first kappa shape index (κ1) is 11.6. The summed E-state index contributed by atoms with van der Waals surface area (Å²) < 4.78 is 29.8. The van der Waals surface area contributed by atoms with E-state index in [1.54, 1.807) is 0 Å². The number of pyridine rings is 1. The van der Waals surface area contributed by atoms with Crippen LogP contribution in [0.4, 0.5) is 8.78 Å². The van der Waals surface area contributed by atoms with Crippen LogP contribution in [0.2, 0.25) is 0 Å². The highest BCUT2D eigenvalue weighted by atomic mass is 19.3. The summed E-state index contributed by atoms with van der Waals surface area (Å²) in [6, 6.07) is 0. The second-order valence-corrected chi connectivity index (χ2v) is 3.09. The largest absolute Gasteiger partial charge is 0.465 e. The molecule has 0 aliphatic heterocycles. The van der Waals surface area contributed by atoms with Crippen molar-refractivity contribution in [1.82, 2.24) is 4.98 Å². The van der Waals surface area contributed by atoms with Crippen molar-refractivity contribution >= 4 is 5.97 Å². The molecule has 1 aromatic heterocycles. The third kappa shape index (κ3) is 2.11. The Morgan fingerprint density at radius 3 is 2.53 bits per heavy atom. The minimum Gasteiger partial charge on any atom is -0.465 e. The second kappa shape index (κ2) is 4.33. The maximum atomic E-state index is 12.6. The van der Waals surface area contributed by atoms with Gasteiger partial charge in [0.2, 0.25) is 0 Å². The Labute approximate surface area is 86.1 Å². The van der Waals surface area contributed by atoms with Crippen molar-refractivity contribution in [3.8, 4) is 0 Å². The molecule has 0 fully saturated rings. The van der Waals surface area contributed by atoms with Gasteiger partial charge in [-0.3, -0.25) is 4.98 Å². The average molecular weight is 215 g/mol. The quantitative estimate of drug-likeness (QED) is 0.711. The molecule has 0 aromatic carbocycles. The van der Waals surface area contributed by atoms with Gasteiger partial charge in [0.05, 0.1) is 12.7 Å². The van der Waals surface area contributed by atoms with Crippen LogP contribution >= 0.6 is 0 Å². The number of rotatable bonds is 2. The van der Waals surface area contributed by atoms with Crippen LogP contribution in [0.25, 0.3) is 0 Å². The highest BCUT2D eigenvalue weighted by Gasteiger charge is 2.20. The van der Waals surface area contributed by atoms with Crippen molar-refractivity contribution in [2.45, 2.75) is 20.3 Å². The third-order valence-electron chi connectivity index (χ3n) is 2.21. The van der Waals surface area contributed by atoms with Crippen LogP contribution in [-0.4, -0.2) is 18.1 Å². The molecule has 0 N–H and O–H groups in total. The number of nitrogens with zero attached hydrogens (tertiary/aromatic N) is 1. The number of methoxy groups -OCH3 is 1. The Balaban J connectivity index is 3.35. The van der Waals surface area contributed by atoms with Crippen molar-refractivity contribution in [3.63, 3.8) is 0 Å². The van der Waals surface area contributed by atoms with Gasteiger partial charge in [0.25, 0.3) is 6.43 Å². The normalized spacial score (nSPS) is 10.5. The van der Waals surface area contributed by atoms with Gasteiger partial charge in [-0.2, -0.15) is 0 Å². The first-order valence-electron chi connectivity index (χ1n) is 4.31. The molecule has 0 bridgehead atoms. The molecule has 1 rings (SSSR count). The van der Waals surface area contributed by atoms with Crippen molar-refractivity contribution in [2.75, 3.05) is 7.11 Å². The van der Waals surface area contributed by atoms with E-state index in [0.29, 0.717) is 0 Å². The molecule has 0 radical (unpaired) electrons. The lowest BCUT2D eigenvalue weighted by atomic mass is 10.0. The zero-order chi connectivity index (χ0) is 11.6. The maximum absolute atomic E-state index is 12.6. The molecular weight excluding hydrogens is 204 g/mol. The summed E-state index contributed by atoms with van der Waals surface area (Å²) in [5.74, 6) is -0.651. The van der Waals surface area contributed by atoms with E-state index in [2.05, 4.69) is 9.72 Å². The molecule has 0 aliphatic carbocycles. The van der Waals surface area contributed by atoms with Gasteiger partial charge in [0.1, 0.15) is 0 Å². The van der Waals surface area contributed by atoms with Crippen molar-refractivity contribution in [3.05, 3.63) is 28.6 Å². The Morgan fingerprint density at radius 2 is 2.07 bits per heavy atom. The highest BCUT2D eigenvalue weighted by Crippen LogP contribution is 2.27. The van der Waals surface area contributed by atoms with E-state index in [1.807, 2.05) is 0 Å². The van der Waals surface area contributed by atoms with E-state index in [9.17, 15) is 13.6 Å². The van der Waals surface area contributed by atoms with Gasteiger partial charge in [-0.1, -0.05) is 0 Å². The number of halogens is 2. The van der Waals surface area contributed by atoms with Gasteiger partial charge >= 0.3 is 5.97 Å². The van der Waals surface area contributed by atoms with Crippen LogP contribution in [0, 0.1) is 13.8 Å². The van der Waals surface area contributed by atoms with Crippen molar-refractivity contribution < 1.29 is 18.3 Å². The lowest BCUT2D eigenvalue weighted by Crippen LogP contribution is -2.09. The molecule has 0 saturated heterocycles. The summed E-state index contributed by atoms with van der Waals surface area (Å²) in [6.45, 7) is 2.94. The number of aryl methyl sites for hydroxylation is 1. The fourth-order valence-electron chi connectivity index (χ4n) is 1.38. The van der Waals surface area contributed by atoms with Crippen LogP contribution in [0.5, 0.6) is 0 Å². The predicted molar refractivity (Wildman–Crippen MR) is 50.0 cm³/mol. The van der Waals surface area contributed by atoms with E-state index < -0.39 is 12.4 Å². The Bertz CT molecular complexity index is 391. The van der Waals surface area contributed by atoms with Crippen LogP contribution < -0.4 is 0 Å². The summed E-state index contributed by atoms with van der Waals surface area (Å²) in [6.07, 6.45) is -1.38. The topological polar surface area (TPSA) is 39.2 Å². The SMILES string of the molecule is COC(=O)c1cnc(C)c(C(F)F)c1C. The summed E-state index contributed by atoms with van der Waals surface area (Å²) in [7, 11) is 1.20. The first-order valence-corrected chi connectivity index (χ1v) is 4.31. The Kier molecular flexibility index (Phi) is 3.34. The molecule has 3 nitrogen and oxygen atoms in total. The number of ether oxygens (including phenoxy) is 1. The van der Waals surface area contributed by atoms with Gasteiger partial charge in [-0.25, -0.2) is 13.6 Å². The number of hydrogen-bond donors (Lipinski definition) is 0. The highest BCUT2D eigenvalue weighted by molar-refractivity contribution is 5.91.